The lowest BCUT2D eigenvalue weighted by molar-refractivity contribution is 0.441. The molecule has 88 valence electrons. The molecular formula is C14H13BrO2. The van der Waals surface area contributed by atoms with Crippen LogP contribution in [0.1, 0.15) is 12.5 Å². The molecule has 2 aromatic carbocycles. The van der Waals surface area contributed by atoms with E-state index in [1.807, 2.05) is 43.3 Å². The SMILES string of the molecule is CCc1cc(-c2ccccc2)c(O)c(Br)c1O. The van der Waals surface area contributed by atoms with Crippen LogP contribution < -0.4 is 0 Å². The number of hydrogen-bond donors (Lipinski definition) is 2. The van der Waals surface area contributed by atoms with Crippen LogP contribution in [0.3, 0.4) is 0 Å². The third kappa shape index (κ3) is 2.15. The van der Waals surface area contributed by atoms with Crippen LogP contribution in [-0.2, 0) is 6.42 Å². The van der Waals surface area contributed by atoms with Crippen LogP contribution in [0.25, 0.3) is 11.1 Å². The zero-order chi connectivity index (χ0) is 12.4. The fourth-order valence-electron chi connectivity index (χ4n) is 1.79. The molecule has 0 aromatic heterocycles. The lowest BCUT2D eigenvalue weighted by Crippen LogP contribution is -1.88. The van der Waals surface area contributed by atoms with Gasteiger partial charge in [0.15, 0.2) is 0 Å². The molecule has 0 bridgehead atoms. The molecule has 0 heterocycles. The fourth-order valence-corrected chi connectivity index (χ4v) is 2.26. The van der Waals surface area contributed by atoms with Gasteiger partial charge in [-0.05, 0) is 39.5 Å². The quantitative estimate of drug-likeness (QED) is 0.875. The first-order valence-corrected chi connectivity index (χ1v) is 6.23. The van der Waals surface area contributed by atoms with Crippen molar-refractivity contribution < 1.29 is 10.2 Å². The first kappa shape index (κ1) is 12.0. The zero-order valence-corrected chi connectivity index (χ0v) is 11.0. The average molecular weight is 293 g/mol. The minimum absolute atomic E-state index is 0.0749. The van der Waals surface area contributed by atoms with Crippen LogP contribution in [0.15, 0.2) is 40.9 Å². The van der Waals surface area contributed by atoms with Crippen molar-refractivity contribution in [2.75, 3.05) is 0 Å². The summed E-state index contributed by atoms with van der Waals surface area (Å²) in [5.41, 5.74) is 2.47. The minimum Gasteiger partial charge on any atom is -0.506 e. The molecule has 0 aliphatic rings. The summed E-state index contributed by atoms with van der Waals surface area (Å²) in [4.78, 5) is 0. The number of halogens is 1. The van der Waals surface area contributed by atoms with Crippen molar-refractivity contribution in [3.8, 4) is 22.6 Å². The Morgan fingerprint density at radius 2 is 1.71 bits per heavy atom. The molecule has 0 aliphatic heterocycles. The number of phenols is 2. The van der Waals surface area contributed by atoms with Gasteiger partial charge >= 0.3 is 0 Å². The lowest BCUT2D eigenvalue weighted by Gasteiger charge is -2.11. The molecule has 0 atom stereocenters. The van der Waals surface area contributed by atoms with E-state index in [1.54, 1.807) is 0 Å². The van der Waals surface area contributed by atoms with Gasteiger partial charge in [0.1, 0.15) is 16.0 Å². The summed E-state index contributed by atoms with van der Waals surface area (Å²) in [5, 5.41) is 19.9. The smallest absolute Gasteiger partial charge is 0.141 e. The van der Waals surface area contributed by atoms with Gasteiger partial charge in [-0.25, -0.2) is 0 Å². The Kier molecular flexibility index (Phi) is 3.38. The van der Waals surface area contributed by atoms with Gasteiger partial charge < -0.3 is 10.2 Å². The second-order valence-corrected chi connectivity index (χ2v) is 4.61. The Hall–Kier alpha value is -1.48. The third-order valence-electron chi connectivity index (χ3n) is 2.76. The number of phenolic OH excluding ortho intramolecular Hbond substituents is 2. The van der Waals surface area contributed by atoms with Crippen LogP contribution in [0.4, 0.5) is 0 Å². The fraction of sp³-hybridized carbons (Fsp3) is 0.143. The Balaban J connectivity index is 2.67. The maximum Gasteiger partial charge on any atom is 0.141 e. The van der Waals surface area contributed by atoms with E-state index in [-0.39, 0.29) is 11.5 Å². The van der Waals surface area contributed by atoms with E-state index < -0.39 is 0 Å². The van der Waals surface area contributed by atoms with Crippen LogP contribution in [-0.4, -0.2) is 10.2 Å². The van der Waals surface area contributed by atoms with Crippen molar-refractivity contribution in [1.82, 2.24) is 0 Å². The molecule has 0 unspecified atom stereocenters. The molecule has 3 heteroatoms. The maximum atomic E-state index is 10.0. The van der Waals surface area contributed by atoms with E-state index in [1.165, 1.54) is 0 Å². The predicted molar refractivity (Wildman–Crippen MR) is 72.3 cm³/mol. The van der Waals surface area contributed by atoms with Crippen LogP contribution >= 0.6 is 15.9 Å². The van der Waals surface area contributed by atoms with Crippen molar-refractivity contribution in [2.24, 2.45) is 0 Å². The van der Waals surface area contributed by atoms with E-state index in [0.717, 1.165) is 16.7 Å². The zero-order valence-electron chi connectivity index (χ0n) is 9.44. The highest BCUT2D eigenvalue weighted by atomic mass is 79.9. The first-order valence-electron chi connectivity index (χ1n) is 5.43. The molecule has 0 saturated carbocycles. The molecule has 0 spiro atoms. The number of aryl methyl sites for hydroxylation is 1. The average Bonchev–Trinajstić information content (AvgIpc) is 2.37. The van der Waals surface area contributed by atoms with Gasteiger partial charge in [-0.1, -0.05) is 37.3 Å². The van der Waals surface area contributed by atoms with Gasteiger partial charge in [-0.2, -0.15) is 0 Å². The normalized spacial score (nSPS) is 10.5. The van der Waals surface area contributed by atoms with E-state index in [9.17, 15) is 10.2 Å². The highest BCUT2D eigenvalue weighted by Crippen LogP contribution is 2.43. The summed E-state index contributed by atoms with van der Waals surface area (Å²) in [6, 6.07) is 11.4. The summed E-state index contributed by atoms with van der Waals surface area (Å²) in [5.74, 6) is 0.190. The van der Waals surface area contributed by atoms with E-state index in [2.05, 4.69) is 15.9 Å². The van der Waals surface area contributed by atoms with Crippen molar-refractivity contribution in [2.45, 2.75) is 13.3 Å². The van der Waals surface area contributed by atoms with Gasteiger partial charge in [-0.3, -0.25) is 0 Å². The first-order chi connectivity index (χ1) is 8.15. The van der Waals surface area contributed by atoms with Gasteiger partial charge in [0, 0.05) is 5.56 Å². The molecule has 0 radical (unpaired) electrons. The van der Waals surface area contributed by atoms with Gasteiger partial charge in [0.05, 0.1) is 0 Å². The van der Waals surface area contributed by atoms with Crippen LogP contribution in [0.5, 0.6) is 11.5 Å². The molecule has 17 heavy (non-hydrogen) atoms. The number of benzene rings is 2. The highest BCUT2D eigenvalue weighted by molar-refractivity contribution is 9.10. The number of rotatable bonds is 2. The summed E-state index contributed by atoms with van der Waals surface area (Å²) >= 11 is 3.22. The Morgan fingerprint density at radius 1 is 1.06 bits per heavy atom. The Bertz CT molecular complexity index is 536. The maximum absolute atomic E-state index is 10.0. The number of aromatic hydroxyl groups is 2. The van der Waals surface area contributed by atoms with Crippen LogP contribution in [0.2, 0.25) is 0 Å². The molecule has 2 N–H and O–H groups in total. The summed E-state index contributed by atoms with van der Waals surface area (Å²) in [6.07, 6.45) is 0.713. The van der Waals surface area contributed by atoms with E-state index in [4.69, 9.17) is 0 Å². The standard InChI is InChI=1S/C14H13BrO2/c1-2-9-8-11(10-6-4-3-5-7-10)14(17)12(15)13(9)16/h3-8,16-17H,2H2,1H3. The molecule has 0 saturated heterocycles. The largest absolute Gasteiger partial charge is 0.506 e. The molecule has 2 nitrogen and oxygen atoms in total. The monoisotopic (exact) mass is 292 g/mol. The summed E-state index contributed by atoms with van der Waals surface area (Å²) < 4.78 is 0.357. The summed E-state index contributed by atoms with van der Waals surface area (Å²) in [6.45, 7) is 1.97. The lowest BCUT2D eigenvalue weighted by atomic mass is 10.00. The van der Waals surface area contributed by atoms with E-state index in [0.29, 0.717) is 10.9 Å². The Labute approximate surface area is 109 Å². The second kappa shape index (κ2) is 4.80. The topological polar surface area (TPSA) is 40.5 Å². The Morgan fingerprint density at radius 3 is 2.29 bits per heavy atom. The third-order valence-corrected chi connectivity index (χ3v) is 3.51. The molecule has 0 aliphatic carbocycles. The highest BCUT2D eigenvalue weighted by Gasteiger charge is 2.15. The molecule has 0 fully saturated rings. The van der Waals surface area contributed by atoms with E-state index >= 15 is 0 Å². The van der Waals surface area contributed by atoms with Crippen LogP contribution in [0, 0.1) is 0 Å². The van der Waals surface area contributed by atoms with Crippen molar-refractivity contribution in [3.63, 3.8) is 0 Å². The predicted octanol–water partition coefficient (Wildman–Crippen LogP) is 4.09. The minimum atomic E-state index is 0.0749. The van der Waals surface area contributed by atoms with Gasteiger partial charge in [0.2, 0.25) is 0 Å². The second-order valence-electron chi connectivity index (χ2n) is 3.81. The molecule has 2 rings (SSSR count). The van der Waals surface area contributed by atoms with Gasteiger partial charge in [-0.15, -0.1) is 0 Å². The molecule has 0 amide bonds. The van der Waals surface area contributed by atoms with Gasteiger partial charge in [0.25, 0.3) is 0 Å². The molecular weight excluding hydrogens is 280 g/mol. The summed E-state index contributed by atoms with van der Waals surface area (Å²) in [7, 11) is 0. The molecule has 2 aromatic rings. The van der Waals surface area contributed by atoms with Crippen molar-refractivity contribution in [3.05, 3.63) is 46.4 Å². The van der Waals surface area contributed by atoms with Crippen molar-refractivity contribution >= 4 is 15.9 Å². The number of hydrogen-bond acceptors (Lipinski definition) is 2. The van der Waals surface area contributed by atoms with Crippen molar-refractivity contribution in [1.29, 1.82) is 0 Å².